The minimum atomic E-state index is -0.260. The summed E-state index contributed by atoms with van der Waals surface area (Å²) in [5.74, 6) is 1.33. The van der Waals surface area contributed by atoms with E-state index in [4.69, 9.17) is 10.5 Å². The second-order valence-electron chi connectivity index (χ2n) is 6.16. The molecule has 3 aliphatic rings. The summed E-state index contributed by atoms with van der Waals surface area (Å²) in [5, 5.41) is 0. The number of carbonyl (C=O) groups is 1. The zero-order valence-corrected chi connectivity index (χ0v) is 11.8. The van der Waals surface area contributed by atoms with Crippen molar-refractivity contribution in [1.29, 1.82) is 0 Å². The molecule has 2 heterocycles. The van der Waals surface area contributed by atoms with E-state index >= 15 is 0 Å². The van der Waals surface area contributed by atoms with Gasteiger partial charge in [0.1, 0.15) is 6.10 Å². The van der Waals surface area contributed by atoms with Crippen molar-refractivity contribution in [2.45, 2.75) is 31.9 Å². The van der Waals surface area contributed by atoms with Gasteiger partial charge in [-0.15, -0.1) is 0 Å². The molecule has 1 saturated carbocycles. The van der Waals surface area contributed by atoms with Gasteiger partial charge in [0.25, 0.3) is 5.91 Å². The van der Waals surface area contributed by atoms with Gasteiger partial charge in [-0.1, -0.05) is 6.92 Å². The molecule has 0 aromatic carbocycles. The van der Waals surface area contributed by atoms with Gasteiger partial charge in [-0.25, -0.2) is 0 Å². The quantitative estimate of drug-likeness (QED) is 0.759. The number of rotatable bonds is 2. The molecule has 0 radical (unpaired) electrons. The number of hydrogen-bond donors (Lipinski definition) is 1. The van der Waals surface area contributed by atoms with E-state index in [2.05, 4.69) is 11.8 Å². The Balaban J connectivity index is 1.59. The molecule has 2 saturated heterocycles. The Morgan fingerprint density at radius 1 is 1.32 bits per heavy atom. The number of carbonyl (C=O) groups excluding carboxylic acids is 1. The molecule has 3 fully saturated rings. The van der Waals surface area contributed by atoms with Crippen LogP contribution in [0, 0.1) is 11.8 Å². The van der Waals surface area contributed by atoms with Crippen molar-refractivity contribution in [1.82, 2.24) is 9.80 Å². The highest BCUT2D eigenvalue weighted by Crippen LogP contribution is 2.37. The van der Waals surface area contributed by atoms with Crippen LogP contribution in [0.4, 0.5) is 0 Å². The number of ether oxygens (including phenoxy) is 1. The minimum Gasteiger partial charge on any atom is -0.366 e. The van der Waals surface area contributed by atoms with Crippen molar-refractivity contribution in [3.05, 3.63) is 0 Å². The molecule has 4 atom stereocenters. The maximum absolute atomic E-state index is 12.5. The lowest BCUT2D eigenvalue weighted by Crippen LogP contribution is -2.50. The summed E-state index contributed by atoms with van der Waals surface area (Å²) < 4.78 is 5.67. The predicted octanol–water partition coefficient (Wildman–Crippen LogP) is -0.0972. The van der Waals surface area contributed by atoms with Crippen molar-refractivity contribution in [2.24, 2.45) is 17.6 Å². The molecule has 5 heteroatoms. The van der Waals surface area contributed by atoms with Gasteiger partial charge in [0.15, 0.2) is 0 Å². The van der Waals surface area contributed by atoms with Crippen molar-refractivity contribution in [3.63, 3.8) is 0 Å². The van der Waals surface area contributed by atoms with Crippen LogP contribution >= 0.6 is 0 Å². The van der Waals surface area contributed by atoms with Gasteiger partial charge in [0.05, 0.1) is 6.61 Å². The van der Waals surface area contributed by atoms with E-state index in [9.17, 15) is 4.79 Å². The van der Waals surface area contributed by atoms with Crippen molar-refractivity contribution in [2.75, 3.05) is 39.3 Å². The highest BCUT2D eigenvalue weighted by Gasteiger charge is 2.44. The van der Waals surface area contributed by atoms with Crippen LogP contribution in [0.25, 0.3) is 0 Å². The monoisotopic (exact) mass is 267 g/mol. The average Bonchev–Trinajstić information content (AvgIpc) is 3.01. The van der Waals surface area contributed by atoms with Crippen molar-refractivity contribution in [3.8, 4) is 0 Å². The number of fused-ring (bicyclic) bond motifs is 1. The molecule has 1 amide bonds. The third kappa shape index (κ3) is 2.51. The van der Waals surface area contributed by atoms with Gasteiger partial charge >= 0.3 is 0 Å². The lowest BCUT2D eigenvalue weighted by Gasteiger charge is -2.33. The van der Waals surface area contributed by atoms with Gasteiger partial charge in [0, 0.05) is 32.2 Å². The second-order valence-corrected chi connectivity index (χ2v) is 6.16. The normalized spacial score (nSPS) is 39.6. The summed E-state index contributed by atoms with van der Waals surface area (Å²) >= 11 is 0. The van der Waals surface area contributed by atoms with Gasteiger partial charge in [-0.05, 0) is 31.2 Å². The molecule has 0 spiro atoms. The van der Waals surface area contributed by atoms with E-state index in [1.807, 2.05) is 4.90 Å². The van der Waals surface area contributed by atoms with Crippen LogP contribution in [-0.2, 0) is 9.53 Å². The summed E-state index contributed by atoms with van der Waals surface area (Å²) in [4.78, 5) is 16.8. The first kappa shape index (κ1) is 13.3. The average molecular weight is 267 g/mol. The zero-order valence-electron chi connectivity index (χ0n) is 11.8. The van der Waals surface area contributed by atoms with Crippen LogP contribution in [0.2, 0.25) is 0 Å². The number of hydrogen-bond acceptors (Lipinski definition) is 4. The predicted molar refractivity (Wildman–Crippen MR) is 72.6 cm³/mol. The summed E-state index contributed by atoms with van der Waals surface area (Å²) in [6.45, 7) is 7.21. The van der Waals surface area contributed by atoms with Crippen molar-refractivity contribution >= 4 is 5.91 Å². The fraction of sp³-hybridized carbons (Fsp3) is 0.929. The van der Waals surface area contributed by atoms with E-state index in [1.165, 1.54) is 6.42 Å². The lowest BCUT2D eigenvalue weighted by molar-refractivity contribution is -0.148. The fourth-order valence-electron chi connectivity index (χ4n) is 3.83. The fourth-order valence-corrected chi connectivity index (χ4v) is 3.83. The molecule has 1 aliphatic carbocycles. The molecule has 0 bridgehead atoms. The molecule has 2 N–H and O–H groups in total. The Hall–Kier alpha value is -0.650. The van der Waals surface area contributed by atoms with Gasteiger partial charge in [-0.2, -0.15) is 0 Å². The van der Waals surface area contributed by atoms with Crippen LogP contribution in [-0.4, -0.2) is 67.2 Å². The Morgan fingerprint density at radius 2 is 2.16 bits per heavy atom. The highest BCUT2D eigenvalue weighted by molar-refractivity contribution is 5.81. The van der Waals surface area contributed by atoms with Gasteiger partial charge in [-0.3, -0.25) is 9.69 Å². The molecule has 19 heavy (non-hydrogen) atoms. The maximum atomic E-state index is 12.5. The number of amides is 1. The molecule has 5 nitrogen and oxygen atoms in total. The van der Waals surface area contributed by atoms with Crippen LogP contribution in [0.5, 0.6) is 0 Å². The Labute approximate surface area is 115 Å². The molecule has 2 aliphatic heterocycles. The van der Waals surface area contributed by atoms with Crippen molar-refractivity contribution < 1.29 is 9.53 Å². The van der Waals surface area contributed by atoms with Crippen LogP contribution < -0.4 is 5.73 Å². The number of likely N-dealkylation sites (N-methyl/N-ethyl adjacent to an activating group) is 1. The summed E-state index contributed by atoms with van der Waals surface area (Å²) in [7, 11) is 0. The summed E-state index contributed by atoms with van der Waals surface area (Å²) in [6, 6.07) is 0.294. The van der Waals surface area contributed by atoms with Crippen LogP contribution in [0.15, 0.2) is 0 Å². The number of likely N-dealkylation sites (tertiary alicyclic amines) is 1. The van der Waals surface area contributed by atoms with Gasteiger partial charge < -0.3 is 15.4 Å². The molecular formula is C14H25N3O2. The second kappa shape index (κ2) is 5.38. The Kier molecular flexibility index (Phi) is 3.78. The highest BCUT2D eigenvalue weighted by atomic mass is 16.5. The largest absolute Gasteiger partial charge is 0.366 e. The minimum absolute atomic E-state index is 0.180. The standard InChI is InChI=1S/C14H25N3O2/c1-2-16-5-6-19-13(9-16)14(18)17-7-10-3-4-12(15)11(10)8-17/h10-13H,2-9,15H2,1H3. The van der Waals surface area contributed by atoms with E-state index in [0.717, 1.165) is 39.1 Å². The lowest BCUT2D eigenvalue weighted by atomic mass is 9.98. The zero-order chi connectivity index (χ0) is 13.4. The van der Waals surface area contributed by atoms with Gasteiger partial charge in [0.2, 0.25) is 0 Å². The SMILES string of the molecule is CCN1CCOC(C(=O)N2CC3CCC(N)C3C2)C1. The molecule has 0 aromatic rings. The first-order chi connectivity index (χ1) is 9.19. The first-order valence-electron chi connectivity index (χ1n) is 7.57. The Morgan fingerprint density at radius 3 is 2.89 bits per heavy atom. The third-order valence-electron chi connectivity index (χ3n) is 5.10. The van der Waals surface area contributed by atoms with E-state index < -0.39 is 0 Å². The smallest absolute Gasteiger partial charge is 0.253 e. The molecule has 4 unspecified atom stereocenters. The summed E-state index contributed by atoms with van der Waals surface area (Å²) in [6.07, 6.45) is 2.05. The maximum Gasteiger partial charge on any atom is 0.253 e. The van der Waals surface area contributed by atoms with Crippen LogP contribution in [0.3, 0.4) is 0 Å². The third-order valence-corrected chi connectivity index (χ3v) is 5.10. The molecular weight excluding hydrogens is 242 g/mol. The molecule has 0 aromatic heterocycles. The van der Waals surface area contributed by atoms with Crippen LogP contribution in [0.1, 0.15) is 19.8 Å². The number of morpholine rings is 1. The molecule has 3 rings (SSSR count). The van der Waals surface area contributed by atoms with E-state index in [1.54, 1.807) is 0 Å². The van der Waals surface area contributed by atoms with E-state index in [0.29, 0.717) is 24.5 Å². The van der Waals surface area contributed by atoms with E-state index in [-0.39, 0.29) is 12.0 Å². The summed E-state index contributed by atoms with van der Waals surface area (Å²) in [5.41, 5.74) is 6.13. The number of nitrogens with zero attached hydrogens (tertiary/aromatic N) is 2. The number of nitrogens with two attached hydrogens (primary N) is 1. The Bertz CT molecular complexity index is 350. The first-order valence-corrected chi connectivity index (χ1v) is 7.57. The molecule has 108 valence electrons. The topological polar surface area (TPSA) is 58.8 Å².